The second-order valence-electron chi connectivity index (χ2n) is 5.16. The van der Waals surface area contributed by atoms with E-state index >= 15 is 0 Å². The molecule has 0 saturated carbocycles. The van der Waals surface area contributed by atoms with Gasteiger partial charge in [0.05, 0.1) is 0 Å². The highest BCUT2D eigenvalue weighted by molar-refractivity contribution is 5.48. The highest BCUT2D eigenvalue weighted by Gasteiger charge is 2.11. The van der Waals surface area contributed by atoms with E-state index in [2.05, 4.69) is 69.0 Å². The van der Waals surface area contributed by atoms with Gasteiger partial charge in [-0.05, 0) is 44.0 Å². The van der Waals surface area contributed by atoms with Gasteiger partial charge in [0.1, 0.15) is 0 Å². The van der Waals surface area contributed by atoms with Crippen molar-refractivity contribution in [2.45, 2.75) is 32.7 Å². The van der Waals surface area contributed by atoms with E-state index in [0.717, 1.165) is 19.4 Å². The maximum atomic E-state index is 4.04. The molecule has 0 aliphatic heterocycles. The first kappa shape index (κ1) is 14.8. The van der Waals surface area contributed by atoms with Gasteiger partial charge in [-0.2, -0.15) is 0 Å². The van der Waals surface area contributed by atoms with Gasteiger partial charge < -0.3 is 10.2 Å². The van der Waals surface area contributed by atoms with Crippen LogP contribution in [0.3, 0.4) is 0 Å². The Morgan fingerprint density at radius 2 is 2.11 bits per heavy atom. The number of benzene rings is 1. The molecule has 18 heavy (non-hydrogen) atoms. The number of hydrogen-bond acceptors (Lipinski definition) is 2. The van der Waals surface area contributed by atoms with Gasteiger partial charge in [0.15, 0.2) is 0 Å². The molecule has 0 spiro atoms. The van der Waals surface area contributed by atoms with Crippen LogP contribution in [-0.2, 0) is 0 Å². The van der Waals surface area contributed by atoms with Gasteiger partial charge in [-0.3, -0.25) is 0 Å². The minimum Gasteiger partial charge on any atom is -0.378 e. The Labute approximate surface area is 112 Å². The SMILES string of the molecule is C=C(C)CC(NCCC)c1cccc(N(C)C)c1. The molecule has 0 bridgehead atoms. The summed E-state index contributed by atoms with van der Waals surface area (Å²) in [4.78, 5) is 2.14. The van der Waals surface area contributed by atoms with E-state index in [1.807, 2.05) is 0 Å². The van der Waals surface area contributed by atoms with Crippen molar-refractivity contribution in [2.24, 2.45) is 0 Å². The summed E-state index contributed by atoms with van der Waals surface area (Å²) >= 11 is 0. The van der Waals surface area contributed by atoms with Crippen LogP contribution >= 0.6 is 0 Å². The van der Waals surface area contributed by atoms with E-state index in [4.69, 9.17) is 0 Å². The van der Waals surface area contributed by atoms with Crippen LogP contribution in [0.2, 0.25) is 0 Å². The van der Waals surface area contributed by atoms with Crippen molar-refractivity contribution in [3.05, 3.63) is 42.0 Å². The Morgan fingerprint density at radius 3 is 2.67 bits per heavy atom. The van der Waals surface area contributed by atoms with E-state index in [0.29, 0.717) is 6.04 Å². The van der Waals surface area contributed by atoms with Crippen molar-refractivity contribution in [2.75, 3.05) is 25.5 Å². The average molecular weight is 246 g/mol. The molecule has 1 unspecified atom stereocenters. The zero-order valence-electron chi connectivity index (χ0n) is 12.2. The predicted octanol–water partition coefficient (Wildman–Crippen LogP) is 3.76. The third kappa shape index (κ3) is 4.53. The van der Waals surface area contributed by atoms with Crippen LogP contribution in [0.4, 0.5) is 5.69 Å². The van der Waals surface area contributed by atoms with Crippen molar-refractivity contribution < 1.29 is 0 Å². The summed E-state index contributed by atoms with van der Waals surface area (Å²) in [5, 5.41) is 3.60. The molecule has 0 radical (unpaired) electrons. The van der Waals surface area contributed by atoms with Crippen molar-refractivity contribution in [1.29, 1.82) is 0 Å². The Morgan fingerprint density at radius 1 is 1.39 bits per heavy atom. The van der Waals surface area contributed by atoms with E-state index in [-0.39, 0.29) is 0 Å². The second-order valence-corrected chi connectivity index (χ2v) is 5.16. The molecule has 2 nitrogen and oxygen atoms in total. The third-order valence-corrected chi connectivity index (χ3v) is 2.98. The van der Waals surface area contributed by atoms with E-state index in [1.165, 1.54) is 16.8 Å². The van der Waals surface area contributed by atoms with Crippen LogP contribution in [0.25, 0.3) is 0 Å². The van der Waals surface area contributed by atoms with Crippen molar-refractivity contribution >= 4 is 5.69 Å². The highest BCUT2D eigenvalue weighted by atomic mass is 15.1. The van der Waals surface area contributed by atoms with Crippen molar-refractivity contribution in [1.82, 2.24) is 5.32 Å². The largest absolute Gasteiger partial charge is 0.378 e. The quantitative estimate of drug-likeness (QED) is 0.737. The van der Waals surface area contributed by atoms with E-state index in [9.17, 15) is 0 Å². The molecular weight excluding hydrogens is 220 g/mol. The lowest BCUT2D eigenvalue weighted by atomic mass is 9.99. The predicted molar refractivity (Wildman–Crippen MR) is 81.2 cm³/mol. The minimum atomic E-state index is 0.377. The molecule has 1 aromatic rings. The number of anilines is 1. The minimum absolute atomic E-state index is 0.377. The van der Waals surface area contributed by atoms with Gasteiger partial charge in [0, 0.05) is 25.8 Å². The molecule has 0 heterocycles. The summed E-state index contributed by atoms with van der Waals surface area (Å²) in [6.45, 7) is 9.37. The molecule has 1 atom stereocenters. The summed E-state index contributed by atoms with van der Waals surface area (Å²) in [5.41, 5.74) is 3.81. The lowest BCUT2D eigenvalue weighted by molar-refractivity contribution is 0.528. The Hall–Kier alpha value is -1.28. The summed E-state index contributed by atoms with van der Waals surface area (Å²) in [5.74, 6) is 0. The first-order chi connectivity index (χ1) is 8.54. The standard InChI is InChI=1S/C16H26N2/c1-6-10-17-16(11-13(2)3)14-8-7-9-15(12-14)18(4)5/h7-9,12,16-17H,2,6,10-11H2,1,3-5H3. The lowest BCUT2D eigenvalue weighted by Gasteiger charge is -2.21. The molecule has 0 aliphatic carbocycles. The Kier molecular flexibility index (Phi) is 5.93. The molecule has 0 aliphatic rings. The number of nitrogens with one attached hydrogen (secondary N) is 1. The van der Waals surface area contributed by atoms with Crippen LogP contribution in [0.1, 0.15) is 38.3 Å². The molecule has 1 rings (SSSR count). The van der Waals surface area contributed by atoms with Crippen LogP contribution in [-0.4, -0.2) is 20.6 Å². The third-order valence-electron chi connectivity index (χ3n) is 2.98. The summed E-state index contributed by atoms with van der Waals surface area (Å²) < 4.78 is 0. The molecular formula is C16H26N2. The topological polar surface area (TPSA) is 15.3 Å². The van der Waals surface area contributed by atoms with Crippen LogP contribution in [0, 0.1) is 0 Å². The molecule has 0 amide bonds. The average Bonchev–Trinajstić information content (AvgIpc) is 2.34. The number of nitrogens with zero attached hydrogens (tertiary/aromatic N) is 1. The van der Waals surface area contributed by atoms with Gasteiger partial charge in [0.2, 0.25) is 0 Å². The molecule has 100 valence electrons. The first-order valence-electron chi connectivity index (χ1n) is 6.69. The molecule has 1 N–H and O–H groups in total. The van der Waals surface area contributed by atoms with Gasteiger partial charge in [-0.1, -0.05) is 24.6 Å². The second kappa shape index (κ2) is 7.22. The zero-order valence-corrected chi connectivity index (χ0v) is 12.2. The van der Waals surface area contributed by atoms with Crippen LogP contribution < -0.4 is 10.2 Å². The fourth-order valence-corrected chi connectivity index (χ4v) is 1.99. The molecule has 0 aromatic heterocycles. The number of hydrogen-bond donors (Lipinski definition) is 1. The van der Waals surface area contributed by atoms with Gasteiger partial charge in [0.25, 0.3) is 0 Å². The van der Waals surface area contributed by atoms with E-state index in [1.54, 1.807) is 0 Å². The zero-order chi connectivity index (χ0) is 13.5. The summed E-state index contributed by atoms with van der Waals surface area (Å²) in [6.07, 6.45) is 2.15. The van der Waals surface area contributed by atoms with Crippen LogP contribution in [0.15, 0.2) is 36.4 Å². The number of rotatable bonds is 7. The molecule has 0 saturated heterocycles. The van der Waals surface area contributed by atoms with Crippen molar-refractivity contribution in [3.8, 4) is 0 Å². The Bertz CT molecular complexity index is 382. The molecule has 1 aromatic carbocycles. The smallest absolute Gasteiger partial charge is 0.0364 e. The van der Waals surface area contributed by atoms with Crippen LogP contribution in [0.5, 0.6) is 0 Å². The normalized spacial score (nSPS) is 12.2. The summed E-state index contributed by atoms with van der Waals surface area (Å²) in [6, 6.07) is 9.10. The van der Waals surface area contributed by atoms with Crippen molar-refractivity contribution in [3.63, 3.8) is 0 Å². The molecule has 0 fully saturated rings. The first-order valence-corrected chi connectivity index (χ1v) is 6.69. The van der Waals surface area contributed by atoms with Gasteiger partial charge in [-0.15, -0.1) is 6.58 Å². The van der Waals surface area contributed by atoms with Gasteiger partial charge >= 0.3 is 0 Å². The summed E-state index contributed by atoms with van der Waals surface area (Å²) in [7, 11) is 4.15. The fraction of sp³-hybridized carbons (Fsp3) is 0.500. The molecule has 2 heteroatoms. The monoisotopic (exact) mass is 246 g/mol. The maximum absolute atomic E-state index is 4.04. The van der Waals surface area contributed by atoms with Gasteiger partial charge in [-0.25, -0.2) is 0 Å². The van der Waals surface area contributed by atoms with E-state index < -0.39 is 0 Å². The Balaban J connectivity index is 2.89. The highest BCUT2D eigenvalue weighted by Crippen LogP contribution is 2.24. The lowest BCUT2D eigenvalue weighted by Crippen LogP contribution is -2.22. The maximum Gasteiger partial charge on any atom is 0.0364 e. The fourth-order valence-electron chi connectivity index (χ4n) is 1.99.